The van der Waals surface area contributed by atoms with Crippen LogP contribution in [0.3, 0.4) is 0 Å². The number of hydrogen-bond donors (Lipinski definition) is 2. The van der Waals surface area contributed by atoms with Crippen LogP contribution in [-0.4, -0.2) is 24.2 Å². The van der Waals surface area contributed by atoms with Gasteiger partial charge >= 0.3 is 11.9 Å². The molecule has 0 amide bonds. The summed E-state index contributed by atoms with van der Waals surface area (Å²) in [6, 6.07) is 7.06. The molecule has 2 rings (SSSR count). The Morgan fingerprint density at radius 2 is 1.61 bits per heavy atom. The number of halogens is 3. The number of ether oxygens (including phenoxy) is 1. The first-order chi connectivity index (χ1) is 10.7. The number of carboxylic acid groups (broad SMARTS) is 1. The Kier molecular flexibility index (Phi) is 6.65. The number of aromatic carboxylic acids is 1. The van der Waals surface area contributed by atoms with Gasteiger partial charge < -0.3 is 15.6 Å². The smallest absolute Gasteiger partial charge is 0.338 e. The van der Waals surface area contributed by atoms with Crippen LogP contribution in [0.1, 0.15) is 20.7 Å². The third-order valence-corrected chi connectivity index (χ3v) is 2.91. The zero-order valence-corrected chi connectivity index (χ0v) is 13.4. The van der Waals surface area contributed by atoms with Gasteiger partial charge in [-0.05, 0) is 36.4 Å². The van der Waals surface area contributed by atoms with Crippen molar-refractivity contribution in [2.45, 2.75) is 0 Å². The summed E-state index contributed by atoms with van der Waals surface area (Å²) < 4.78 is 29.9. The fourth-order valence-corrected chi connectivity index (χ4v) is 1.99. The predicted octanol–water partition coefficient (Wildman–Crippen LogP) is 3.48. The van der Waals surface area contributed by atoms with Gasteiger partial charge in [-0.1, -0.05) is 15.9 Å². The summed E-state index contributed by atoms with van der Waals surface area (Å²) in [6.07, 6.45) is 0. The Bertz CT molecular complexity index is 697. The number of carbonyl (C=O) groups excluding carboxylic acids is 1. The highest BCUT2D eigenvalue weighted by Gasteiger charge is 2.07. The second-order valence-corrected chi connectivity index (χ2v) is 5.14. The molecule has 2 aromatic carbocycles. The van der Waals surface area contributed by atoms with Crippen molar-refractivity contribution in [1.82, 2.24) is 0 Å². The Morgan fingerprint density at radius 1 is 1.04 bits per heavy atom. The number of carboxylic acids is 1. The normalized spacial score (nSPS) is 9.57. The van der Waals surface area contributed by atoms with Gasteiger partial charge in [0.25, 0.3) is 0 Å². The van der Waals surface area contributed by atoms with E-state index < -0.39 is 23.6 Å². The van der Waals surface area contributed by atoms with Crippen LogP contribution in [0, 0.1) is 11.6 Å². The number of nitrogen functional groups attached to an aromatic ring is 1. The van der Waals surface area contributed by atoms with Gasteiger partial charge in [-0.15, -0.1) is 0 Å². The van der Waals surface area contributed by atoms with Crippen LogP contribution < -0.4 is 5.73 Å². The molecule has 0 saturated heterocycles. The number of esters is 1. The van der Waals surface area contributed by atoms with Crippen molar-refractivity contribution in [3.8, 4) is 0 Å². The van der Waals surface area contributed by atoms with Crippen molar-refractivity contribution in [3.63, 3.8) is 0 Å². The average molecular weight is 388 g/mol. The van der Waals surface area contributed by atoms with Gasteiger partial charge in [0.1, 0.15) is 11.6 Å². The molecule has 0 aliphatic carbocycles. The molecule has 0 aliphatic rings. The first kappa shape index (κ1) is 18.6. The molecular formula is C15H12BrF2NO4. The molecule has 5 nitrogen and oxygen atoms in total. The number of benzene rings is 2. The maximum absolute atomic E-state index is 12.6. The summed E-state index contributed by atoms with van der Waals surface area (Å²) >= 11 is 2.98. The Balaban J connectivity index is 0.000000231. The molecule has 3 N–H and O–H groups in total. The minimum absolute atomic E-state index is 0.0584. The van der Waals surface area contributed by atoms with Crippen molar-refractivity contribution < 1.29 is 28.2 Å². The number of carbonyl (C=O) groups is 2. The monoisotopic (exact) mass is 387 g/mol. The molecule has 0 aliphatic heterocycles. The third-order valence-electron chi connectivity index (χ3n) is 2.45. The van der Waals surface area contributed by atoms with E-state index in [0.717, 1.165) is 18.2 Å². The minimum Gasteiger partial charge on any atom is -0.478 e. The molecule has 0 spiro atoms. The molecule has 0 unspecified atom stereocenters. The van der Waals surface area contributed by atoms with Crippen molar-refractivity contribution in [1.29, 1.82) is 0 Å². The van der Waals surface area contributed by atoms with Crippen LogP contribution in [0.5, 0.6) is 0 Å². The van der Waals surface area contributed by atoms with E-state index in [4.69, 9.17) is 10.8 Å². The van der Waals surface area contributed by atoms with Crippen LogP contribution in [0.4, 0.5) is 14.5 Å². The molecule has 0 heterocycles. The highest BCUT2D eigenvalue weighted by Crippen LogP contribution is 2.14. The van der Waals surface area contributed by atoms with Gasteiger partial charge in [-0.3, -0.25) is 0 Å². The summed E-state index contributed by atoms with van der Waals surface area (Å²) in [4.78, 5) is 21.2. The Labute approximate surface area is 138 Å². The number of nitrogens with two attached hydrogens (primary N) is 1. The maximum atomic E-state index is 12.6. The summed E-state index contributed by atoms with van der Waals surface area (Å²) in [5.74, 6) is -2.83. The second kappa shape index (κ2) is 8.23. The molecule has 8 heteroatoms. The lowest BCUT2D eigenvalue weighted by Crippen LogP contribution is -2.02. The molecule has 23 heavy (non-hydrogen) atoms. The van der Waals surface area contributed by atoms with Gasteiger partial charge in [-0.2, -0.15) is 0 Å². The maximum Gasteiger partial charge on any atom is 0.338 e. The lowest BCUT2D eigenvalue weighted by Gasteiger charge is -2.00. The van der Waals surface area contributed by atoms with Gasteiger partial charge in [-0.25, -0.2) is 18.4 Å². The van der Waals surface area contributed by atoms with E-state index in [2.05, 4.69) is 20.7 Å². The average Bonchev–Trinajstić information content (AvgIpc) is 2.45. The van der Waals surface area contributed by atoms with E-state index in [1.165, 1.54) is 25.3 Å². The quantitative estimate of drug-likeness (QED) is 0.608. The highest BCUT2D eigenvalue weighted by molar-refractivity contribution is 9.10. The van der Waals surface area contributed by atoms with E-state index in [-0.39, 0.29) is 16.8 Å². The van der Waals surface area contributed by atoms with Gasteiger partial charge in [0, 0.05) is 10.2 Å². The molecular weight excluding hydrogens is 376 g/mol. The molecule has 122 valence electrons. The molecule has 0 atom stereocenters. The summed E-state index contributed by atoms with van der Waals surface area (Å²) in [5.41, 5.74) is 5.57. The molecule has 2 aromatic rings. The standard InChI is InChI=1S/C8H8FNO2.C7H4BrFO2/c1-12-8(11)5-2-6(9)4-7(10)3-5;8-5-1-4(7(10)11)2-6(9)3-5/h2-4H,10H2,1H3;1-3H,(H,10,11). The van der Waals surface area contributed by atoms with E-state index in [1.807, 2.05) is 0 Å². The number of rotatable bonds is 2. The van der Waals surface area contributed by atoms with Gasteiger partial charge in [0.15, 0.2) is 0 Å². The summed E-state index contributed by atoms with van der Waals surface area (Å²) in [5, 5.41) is 8.45. The van der Waals surface area contributed by atoms with Crippen molar-refractivity contribution >= 4 is 33.6 Å². The van der Waals surface area contributed by atoms with Crippen LogP contribution in [0.2, 0.25) is 0 Å². The van der Waals surface area contributed by atoms with Crippen LogP contribution in [0.15, 0.2) is 40.9 Å². The Hall–Kier alpha value is -2.48. The summed E-state index contributed by atoms with van der Waals surface area (Å²) in [7, 11) is 1.23. The summed E-state index contributed by atoms with van der Waals surface area (Å²) in [6.45, 7) is 0. The first-order valence-electron chi connectivity index (χ1n) is 6.06. The third kappa shape index (κ3) is 6.03. The number of hydrogen-bond acceptors (Lipinski definition) is 4. The van der Waals surface area contributed by atoms with Gasteiger partial charge in [0.05, 0.1) is 18.2 Å². The lowest BCUT2D eigenvalue weighted by atomic mass is 10.2. The number of anilines is 1. The zero-order valence-electron chi connectivity index (χ0n) is 11.8. The van der Waals surface area contributed by atoms with Crippen molar-refractivity contribution in [3.05, 3.63) is 63.6 Å². The zero-order chi connectivity index (χ0) is 17.6. The highest BCUT2D eigenvalue weighted by atomic mass is 79.9. The van der Waals surface area contributed by atoms with Crippen LogP contribution >= 0.6 is 15.9 Å². The second-order valence-electron chi connectivity index (χ2n) is 4.23. The number of methoxy groups -OCH3 is 1. The van der Waals surface area contributed by atoms with E-state index in [1.54, 1.807) is 0 Å². The SMILES string of the molecule is COC(=O)c1cc(N)cc(F)c1.O=C(O)c1cc(F)cc(Br)c1. The molecule has 0 saturated carbocycles. The van der Waals surface area contributed by atoms with E-state index in [9.17, 15) is 18.4 Å². The van der Waals surface area contributed by atoms with Crippen molar-refractivity contribution in [2.24, 2.45) is 0 Å². The Morgan fingerprint density at radius 3 is 2.09 bits per heavy atom. The fraction of sp³-hybridized carbons (Fsp3) is 0.0667. The molecule has 0 aromatic heterocycles. The predicted molar refractivity (Wildman–Crippen MR) is 83.2 cm³/mol. The van der Waals surface area contributed by atoms with E-state index in [0.29, 0.717) is 4.47 Å². The molecule has 0 radical (unpaired) electrons. The molecule has 0 bridgehead atoms. The molecule has 0 fully saturated rings. The first-order valence-corrected chi connectivity index (χ1v) is 6.86. The van der Waals surface area contributed by atoms with E-state index >= 15 is 0 Å². The van der Waals surface area contributed by atoms with Crippen LogP contribution in [-0.2, 0) is 4.74 Å². The van der Waals surface area contributed by atoms with Crippen molar-refractivity contribution in [2.75, 3.05) is 12.8 Å². The minimum atomic E-state index is -1.13. The van der Waals surface area contributed by atoms with Gasteiger partial charge in [0.2, 0.25) is 0 Å². The fourth-order valence-electron chi connectivity index (χ4n) is 1.53. The van der Waals surface area contributed by atoms with Crippen LogP contribution in [0.25, 0.3) is 0 Å². The largest absolute Gasteiger partial charge is 0.478 e. The topological polar surface area (TPSA) is 89.6 Å². The lowest BCUT2D eigenvalue weighted by molar-refractivity contribution is 0.0599.